The van der Waals surface area contributed by atoms with Gasteiger partial charge in [-0.1, -0.05) is 24.3 Å². The van der Waals surface area contributed by atoms with Crippen LogP contribution in [0.2, 0.25) is 0 Å². The van der Waals surface area contributed by atoms with Crippen molar-refractivity contribution in [2.45, 2.75) is 58.0 Å². The fourth-order valence-electron chi connectivity index (χ4n) is 3.52. The summed E-state index contributed by atoms with van der Waals surface area (Å²) in [5.74, 6) is 0. The predicted molar refractivity (Wildman–Crippen MR) is 103 cm³/mol. The molecule has 26 heavy (non-hydrogen) atoms. The number of rotatable bonds is 5. The first-order valence-electron chi connectivity index (χ1n) is 9.42. The smallest absolute Gasteiger partial charge is 0.407 e. The number of nitriles is 1. The van der Waals surface area contributed by atoms with E-state index in [1.807, 2.05) is 32.9 Å². The van der Waals surface area contributed by atoms with Crippen LogP contribution in [0, 0.1) is 18.3 Å². The van der Waals surface area contributed by atoms with E-state index in [1.165, 1.54) is 11.1 Å². The molecule has 142 valence electrons. The molecule has 0 unspecified atom stereocenters. The van der Waals surface area contributed by atoms with Crippen LogP contribution in [-0.2, 0) is 10.2 Å². The molecule has 1 aromatic carbocycles. The molecule has 0 saturated carbocycles. The lowest BCUT2D eigenvalue weighted by molar-refractivity contribution is 0.0525. The number of hydrogen-bond acceptors (Lipinski definition) is 4. The second kappa shape index (κ2) is 8.55. The molecule has 5 heteroatoms. The molecular weight excluding hydrogens is 326 g/mol. The molecule has 2 rings (SSSR count). The number of piperidine rings is 1. The zero-order valence-corrected chi connectivity index (χ0v) is 16.5. The largest absolute Gasteiger partial charge is 0.444 e. The van der Waals surface area contributed by atoms with E-state index in [1.54, 1.807) is 0 Å². The molecule has 0 spiro atoms. The zero-order chi connectivity index (χ0) is 19.2. The summed E-state index contributed by atoms with van der Waals surface area (Å²) in [7, 11) is 0. The Kier molecular flexibility index (Phi) is 6.66. The van der Waals surface area contributed by atoms with Crippen LogP contribution in [0.5, 0.6) is 0 Å². The average molecular weight is 357 g/mol. The number of ether oxygens (including phenoxy) is 1. The Bertz CT molecular complexity index is 650. The summed E-state index contributed by atoms with van der Waals surface area (Å²) in [6.45, 7) is 11.0. The van der Waals surface area contributed by atoms with E-state index >= 15 is 0 Å². The Morgan fingerprint density at radius 3 is 2.54 bits per heavy atom. The van der Waals surface area contributed by atoms with Crippen LogP contribution in [0.15, 0.2) is 24.3 Å². The second-order valence-corrected chi connectivity index (χ2v) is 8.13. The normalized spacial score (nSPS) is 17.3. The summed E-state index contributed by atoms with van der Waals surface area (Å²) >= 11 is 0. The van der Waals surface area contributed by atoms with Crippen LogP contribution < -0.4 is 5.32 Å². The number of amides is 1. The van der Waals surface area contributed by atoms with Gasteiger partial charge >= 0.3 is 6.09 Å². The fraction of sp³-hybridized carbons (Fsp3) is 0.619. The van der Waals surface area contributed by atoms with Gasteiger partial charge in [-0.15, -0.1) is 0 Å². The van der Waals surface area contributed by atoms with E-state index in [0.717, 1.165) is 38.9 Å². The van der Waals surface area contributed by atoms with Crippen molar-refractivity contribution < 1.29 is 9.53 Å². The number of likely N-dealkylation sites (tertiary alicyclic amines) is 1. The highest BCUT2D eigenvalue weighted by molar-refractivity contribution is 5.67. The lowest BCUT2D eigenvalue weighted by Gasteiger charge is -2.38. The summed E-state index contributed by atoms with van der Waals surface area (Å²) in [4.78, 5) is 14.0. The van der Waals surface area contributed by atoms with Gasteiger partial charge in [0.1, 0.15) is 5.60 Å². The molecule has 1 saturated heterocycles. The number of benzene rings is 1. The van der Waals surface area contributed by atoms with Gasteiger partial charge in [-0.05, 0) is 77.7 Å². The Hall–Kier alpha value is -2.06. The highest BCUT2D eigenvalue weighted by atomic mass is 16.6. The van der Waals surface area contributed by atoms with Gasteiger partial charge in [0.25, 0.3) is 0 Å². The molecule has 1 amide bonds. The van der Waals surface area contributed by atoms with Gasteiger partial charge in [0.15, 0.2) is 0 Å². The van der Waals surface area contributed by atoms with Crippen molar-refractivity contribution in [3.05, 3.63) is 35.4 Å². The lowest BCUT2D eigenvalue weighted by Crippen LogP contribution is -2.43. The van der Waals surface area contributed by atoms with Crippen LogP contribution in [0.1, 0.15) is 51.2 Å². The Balaban J connectivity index is 1.77. The minimum Gasteiger partial charge on any atom is -0.444 e. The molecule has 0 aromatic heterocycles. The maximum absolute atomic E-state index is 11.6. The van der Waals surface area contributed by atoms with Crippen molar-refractivity contribution in [2.24, 2.45) is 0 Å². The molecule has 0 radical (unpaired) electrons. The quantitative estimate of drug-likeness (QED) is 0.815. The molecule has 0 bridgehead atoms. The summed E-state index contributed by atoms with van der Waals surface area (Å²) in [5.41, 5.74) is 1.54. The molecule has 1 aliphatic rings. The third-order valence-electron chi connectivity index (χ3n) is 4.90. The molecule has 5 nitrogen and oxygen atoms in total. The minimum atomic E-state index is -0.465. The number of carbonyl (C=O) groups is 1. The number of alkyl carbamates (subject to hydrolysis) is 1. The summed E-state index contributed by atoms with van der Waals surface area (Å²) in [6.07, 6.45) is 2.23. The fourth-order valence-corrected chi connectivity index (χ4v) is 3.52. The average Bonchev–Trinajstić information content (AvgIpc) is 2.58. The molecular formula is C21H31N3O2. The molecule has 0 atom stereocenters. The van der Waals surface area contributed by atoms with Gasteiger partial charge in [0.05, 0.1) is 11.5 Å². The van der Waals surface area contributed by atoms with Crippen molar-refractivity contribution in [1.82, 2.24) is 10.2 Å². The van der Waals surface area contributed by atoms with Crippen molar-refractivity contribution in [1.29, 1.82) is 5.26 Å². The highest BCUT2D eigenvalue weighted by Crippen LogP contribution is 2.36. The van der Waals surface area contributed by atoms with Gasteiger partial charge in [-0.2, -0.15) is 5.26 Å². The van der Waals surface area contributed by atoms with E-state index in [9.17, 15) is 10.1 Å². The van der Waals surface area contributed by atoms with Crippen LogP contribution in [-0.4, -0.2) is 42.8 Å². The Morgan fingerprint density at radius 2 is 1.96 bits per heavy atom. The standard InChI is InChI=1S/C21H31N3O2/c1-17-8-5-6-9-18(17)21(16-22)10-14-24(15-11-21)13-7-12-23-19(25)26-20(2,3)4/h5-6,8-9H,7,10-15H2,1-4H3,(H,23,25). The van der Waals surface area contributed by atoms with Gasteiger partial charge in [0, 0.05) is 6.54 Å². The number of aryl methyl sites for hydroxylation is 1. The molecule has 1 fully saturated rings. The first-order valence-corrected chi connectivity index (χ1v) is 9.42. The highest BCUT2D eigenvalue weighted by Gasteiger charge is 2.37. The SMILES string of the molecule is Cc1ccccc1C1(C#N)CCN(CCCNC(=O)OC(C)(C)C)CC1. The summed E-state index contributed by atoms with van der Waals surface area (Å²) < 4.78 is 5.23. The Morgan fingerprint density at radius 1 is 1.31 bits per heavy atom. The van der Waals surface area contributed by atoms with Gasteiger partial charge in [0.2, 0.25) is 0 Å². The van der Waals surface area contributed by atoms with E-state index in [2.05, 4.69) is 35.3 Å². The summed E-state index contributed by atoms with van der Waals surface area (Å²) in [6, 6.07) is 10.8. The van der Waals surface area contributed by atoms with Gasteiger partial charge < -0.3 is 15.0 Å². The summed E-state index contributed by atoms with van der Waals surface area (Å²) in [5, 5.41) is 12.6. The molecule has 1 heterocycles. The van der Waals surface area contributed by atoms with E-state index in [-0.39, 0.29) is 11.5 Å². The predicted octanol–water partition coefficient (Wildman–Crippen LogP) is 3.77. The van der Waals surface area contributed by atoms with Crippen LogP contribution in [0.3, 0.4) is 0 Å². The molecule has 0 aliphatic carbocycles. The molecule has 1 aromatic rings. The first kappa shape index (κ1) is 20.3. The number of nitrogens with zero attached hydrogens (tertiary/aromatic N) is 2. The lowest BCUT2D eigenvalue weighted by atomic mass is 9.72. The van der Waals surface area contributed by atoms with Crippen molar-refractivity contribution in [3.8, 4) is 6.07 Å². The Labute approximate surface area is 157 Å². The topological polar surface area (TPSA) is 65.4 Å². The first-order chi connectivity index (χ1) is 12.3. The monoisotopic (exact) mass is 357 g/mol. The van der Waals surface area contributed by atoms with E-state index in [0.29, 0.717) is 6.54 Å². The van der Waals surface area contributed by atoms with Crippen molar-refractivity contribution >= 4 is 6.09 Å². The number of carbonyl (C=O) groups excluding carboxylic acids is 1. The number of hydrogen-bond donors (Lipinski definition) is 1. The zero-order valence-electron chi connectivity index (χ0n) is 16.5. The van der Waals surface area contributed by atoms with Crippen LogP contribution in [0.4, 0.5) is 4.79 Å². The minimum absolute atomic E-state index is 0.362. The van der Waals surface area contributed by atoms with Crippen LogP contribution >= 0.6 is 0 Å². The molecule has 1 aliphatic heterocycles. The molecule has 1 N–H and O–H groups in total. The van der Waals surface area contributed by atoms with E-state index in [4.69, 9.17) is 4.74 Å². The third kappa shape index (κ3) is 5.47. The van der Waals surface area contributed by atoms with Gasteiger partial charge in [-0.25, -0.2) is 4.79 Å². The van der Waals surface area contributed by atoms with Gasteiger partial charge in [-0.3, -0.25) is 0 Å². The maximum atomic E-state index is 11.6. The van der Waals surface area contributed by atoms with Crippen LogP contribution in [0.25, 0.3) is 0 Å². The number of nitrogens with one attached hydrogen (secondary N) is 1. The maximum Gasteiger partial charge on any atom is 0.407 e. The van der Waals surface area contributed by atoms with E-state index < -0.39 is 5.60 Å². The second-order valence-electron chi connectivity index (χ2n) is 8.13. The third-order valence-corrected chi connectivity index (χ3v) is 4.90. The van der Waals surface area contributed by atoms with Crippen molar-refractivity contribution in [3.63, 3.8) is 0 Å². The van der Waals surface area contributed by atoms with Crippen molar-refractivity contribution in [2.75, 3.05) is 26.2 Å².